The number of phenols is 2. The average molecular weight is 295 g/mol. The summed E-state index contributed by atoms with van der Waals surface area (Å²) < 4.78 is 5.15. The molecule has 1 aromatic carbocycles. The topological polar surface area (TPSA) is 116 Å². The Labute approximate surface area is 121 Å². The highest BCUT2D eigenvalue weighted by Crippen LogP contribution is 2.31. The van der Waals surface area contributed by atoms with Crippen LogP contribution in [0.2, 0.25) is 0 Å². The van der Waals surface area contributed by atoms with Crippen LogP contribution in [0.1, 0.15) is 23.2 Å². The Morgan fingerprint density at radius 1 is 1.19 bits per heavy atom. The van der Waals surface area contributed by atoms with Gasteiger partial charge in [-0.1, -0.05) is 6.07 Å². The van der Waals surface area contributed by atoms with E-state index >= 15 is 0 Å². The number of rotatable bonds is 4. The van der Waals surface area contributed by atoms with E-state index in [-0.39, 0.29) is 23.6 Å². The second-order valence-electron chi connectivity index (χ2n) is 5.05. The number of hydrogen-bond donors (Lipinski definition) is 4. The maximum absolute atomic E-state index is 12.0. The number of carboxylic acid groups (broad SMARTS) is 1. The number of aromatic hydroxyl groups is 2. The normalized spacial score (nSPS) is 17.1. The first-order valence-electron chi connectivity index (χ1n) is 6.56. The molecule has 1 heterocycles. The van der Waals surface area contributed by atoms with Gasteiger partial charge in [0, 0.05) is 19.8 Å². The van der Waals surface area contributed by atoms with E-state index in [4.69, 9.17) is 4.74 Å². The third-order valence-corrected chi connectivity index (χ3v) is 3.74. The first kappa shape index (κ1) is 15.1. The molecule has 1 aromatic rings. The third-order valence-electron chi connectivity index (χ3n) is 3.74. The molecule has 7 nitrogen and oxygen atoms in total. The number of phenolic OH excluding ortho intramolecular Hbond substituents is 2. The minimum Gasteiger partial charge on any atom is -0.507 e. The molecule has 21 heavy (non-hydrogen) atoms. The first-order valence-corrected chi connectivity index (χ1v) is 6.56. The van der Waals surface area contributed by atoms with Gasteiger partial charge in [0.15, 0.2) is 0 Å². The zero-order chi connectivity index (χ0) is 15.5. The van der Waals surface area contributed by atoms with Gasteiger partial charge in [-0.25, -0.2) is 0 Å². The van der Waals surface area contributed by atoms with Gasteiger partial charge in [0.1, 0.15) is 17.1 Å². The number of benzene rings is 1. The molecule has 0 saturated carbocycles. The van der Waals surface area contributed by atoms with Gasteiger partial charge in [0.2, 0.25) is 0 Å². The van der Waals surface area contributed by atoms with E-state index in [0.717, 1.165) is 0 Å². The molecule has 1 aliphatic rings. The summed E-state index contributed by atoms with van der Waals surface area (Å²) in [6.07, 6.45) is 0.602. The number of carboxylic acids is 1. The van der Waals surface area contributed by atoms with Crippen molar-refractivity contribution in [1.29, 1.82) is 0 Å². The van der Waals surface area contributed by atoms with Crippen molar-refractivity contribution in [1.82, 2.24) is 5.32 Å². The molecule has 0 bridgehead atoms. The van der Waals surface area contributed by atoms with Gasteiger partial charge in [-0.2, -0.15) is 0 Å². The molecule has 4 N–H and O–H groups in total. The fraction of sp³-hybridized carbons (Fsp3) is 0.429. The fourth-order valence-corrected chi connectivity index (χ4v) is 2.33. The second kappa shape index (κ2) is 6.01. The number of nitrogens with one attached hydrogen (secondary N) is 1. The van der Waals surface area contributed by atoms with E-state index in [0.29, 0.717) is 26.1 Å². The average Bonchev–Trinajstić information content (AvgIpc) is 2.46. The molecule has 2 rings (SSSR count). The van der Waals surface area contributed by atoms with E-state index in [1.54, 1.807) is 0 Å². The van der Waals surface area contributed by atoms with Gasteiger partial charge in [-0.3, -0.25) is 9.59 Å². The predicted octanol–water partition coefficient (Wildman–Crippen LogP) is 0.709. The van der Waals surface area contributed by atoms with Crippen molar-refractivity contribution in [3.05, 3.63) is 23.8 Å². The van der Waals surface area contributed by atoms with E-state index in [2.05, 4.69) is 5.32 Å². The van der Waals surface area contributed by atoms with Crippen molar-refractivity contribution in [3.8, 4) is 11.5 Å². The van der Waals surface area contributed by atoms with Crippen molar-refractivity contribution in [2.24, 2.45) is 5.41 Å². The molecule has 7 heteroatoms. The van der Waals surface area contributed by atoms with Crippen LogP contribution in [0.25, 0.3) is 0 Å². The number of carbonyl (C=O) groups excluding carboxylic acids is 1. The Hall–Kier alpha value is -2.28. The lowest BCUT2D eigenvalue weighted by molar-refractivity contribution is -0.154. The van der Waals surface area contributed by atoms with Gasteiger partial charge in [-0.15, -0.1) is 0 Å². The Morgan fingerprint density at radius 2 is 1.76 bits per heavy atom. The van der Waals surface area contributed by atoms with Gasteiger partial charge in [0.05, 0.1) is 5.41 Å². The monoisotopic (exact) mass is 295 g/mol. The minimum atomic E-state index is -1.08. The molecule has 1 saturated heterocycles. The van der Waals surface area contributed by atoms with Crippen molar-refractivity contribution >= 4 is 11.9 Å². The molecule has 1 fully saturated rings. The summed E-state index contributed by atoms with van der Waals surface area (Å²) in [4.78, 5) is 23.5. The Bertz CT molecular complexity index is 530. The summed E-state index contributed by atoms with van der Waals surface area (Å²) >= 11 is 0. The van der Waals surface area contributed by atoms with Gasteiger partial charge < -0.3 is 25.4 Å². The summed E-state index contributed by atoms with van der Waals surface area (Å²) in [6, 6.07) is 3.95. The number of aliphatic carboxylic acids is 1. The molecule has 0 aliphatic carbocycles. The van der Waals surface area contributed by atoms with Crippen LogP contribution >= 0.6 is 0 Å². The van der Waals surface area contributed by atoms with Gasteiger partial charge in [-0.05, 0) is 25.0 Å². The molecule has 114 valence electrons. The van der Waals surface area contributed by atoms with E-state index in [1.807, 2.05) is 0 Å². The van der Waals surface area contributed by atoms with E-state index in [9.17, 15) is 24.9 Å². The van der Waals surface area contributed by atoms with Crippen LogP contribution < -0.4 is 5.32 Å². The largest absolute Gasteiger partial charge is 0.507 e. The number of carbonyl (C=O) groups is 2. The summed E-state index contributed by atoms with van der Waals surface area (Å²) in [5.41, 5.74) is -1.33. The molecule has 0 atom stereocenters. The zero-order valence-electron chi connectivity index (χ0n) is 11.3. The Balaban J connectivity index is 2.11. The summed E-state index contributed by atoms with van der Waals surface area (Å²) in [5.74, 6) is -2.42. The second-order valence-corrected chi connectivity index (χ2v) is 5.05. The lowest BCUT2D eigenvalue weighted by Crippen LogP contribution is -2.46. The maximum Gasteiger partial charge on any atom is 0.311 e. The smallest absolute Gasteiger partial charge is 0.311 e. The van der Waals surface area contributed by atoms with Crippen LogP contribution in [0.4, 0.5) is 0 Å². The molecule has 1 amide bonds. The van der Waals surface area contributed by atoms with E-state index in [1.165, 1.54) is 18.2 Å². The predicted molar refractivity (Wildman–Crippen MR) is 72.2 cm³/mol. The molecule has 0 spiro atoms. The molecule has 0 aromatic heterocycles. The van der Waals surface area contributed by atoms with Gasteiger partial charge in [0.25, 0.3) is 5.91 Å². The van der Waals surface area contributed by atoms with Crippen molar-refractivity contribution in [2.45, 2.75) is 12.8 Å². The lowest BCUT2D eigenvalue weighted by atomic mass is 9.80. The highest BCUT2D eigenvalue weighted by Gasteiger charge is 2.40. The van der Waals surface area contributed by atoms with Crippen molar-refractivity contribution < 1.29 is 29.6 Å². The minimum absolute atomic E-state index is 0.0850. The number of hydrogen-bond acceptors (Lipinski definition) is 5. The SMILES string of the molecule is O=C(NCC1(C(=O)O)CCOCC1)c1c(O)cccc1O. The van der Waals surface area contributed by atoms with Gasteiger partial charge >= 0.3 is 5.97 Å². The van der Waals surface area contributed by atoms with Crippen LogP contribution in [0.3, 0.4) is 0 Å². The summed E-state index contributed by atoms with van der Waals surface area (Å²) in [5, 5.41) is 31.1. The lowest BCUT2D eigenvalue weighted by Gasteiger charge is -2.33. The first-order chi connectivity index (χ1) is 9.96. The molecule has 0 radical (unpaired) electrons. The maximum atomic E-state index is 12.0. The Morgan fingerprint density at radius 3 is 2.29 bits per heavy atom. The van der Waals surface area contributed by atoms with E-state index < -0.39 is 17.3 Å². The fourth-order valence-electron chi connectivity index (χ4n) is 2.33. The standard InChI is InChI=1S/C14H17NO6/c16-9-2-1-3-10(17)11(9)12(18)15-8-14(13(19)20)4-6-21-7-5-14/h1-3,16-17H,4-8H2,(H,15,18)(H,19,20). The number of amides is 1. The molecule has 1 aliphatic heterocycles. The molecular formula is C14H17NO6. The van der Waals surface area contributed by atoms with Crippen molar-refractivity contribution in [3.63, 3.8) is 0 Å². The van der Waals surface area contributed by atoms with Crippen molar-refractivity contribution in [2.75, 3.05) is 19.8 Å². The Kier molecular flexibility index (Phi) is 4.32. The van der Waals surface area contributed by atoms with Crippen LogP contribution in [-0.4, -0.2) is 47.0 Å². The van der Waals surface area contributed by atoms with Crippen LogP contribution in [-0.2, 0) is 9.53 Å². The molecule has 0 unspecified atom stereocenters. The highest BCUT2D eigenvalue weighted by molar-refractivity contribution is 5.99. The highest BCUT2D eigenvalue weighted by atomic mass is 16.5. The van der Waals surface area contributed by atoms with Crippen LogP contribution in [0, 0.1) is 5.41 Å². The van der Waals surface area contributed by atoms with Crippen LogP contribution in [0.15, 0.2) is 18.2 Å². The summed E-state index contributed by atoms with van der Waals surface area (Å²) in [6.45, 7) is 0.562. The quantitative estimate of drug-likeness (QED) is 0.650. The number of ether oxygens (including phenoxy) is 1. The third kappa shape index (κ3) is 3.08. The van der Waals surface area contributed by atoms with Crippen LogP contribution in [0.5, 0.6) is 11.5 Å². The summed E-state index contributed by atoms with van der Waals surface area (Å²) in [7, 11) is 0. The molecular weight excluding hydrogens is 278 g/mol. The zero-order valence-corrected chi connectivity index (χ0v) is 11.3.